The van der Waals surface area contributed by atoms with Crippen molar-refractivity contribution in [2.45, 2.75) is 45.2 Å². The molecule has 2 nitrogen and oxygen atoms in total. The molecule has 1 aliphatic heterocycles. The second-order valence-electron chi connectivity index (χ2n) is 5.83. The lowest BCUT2D eigenvalue weighted by atomic mass is 10.0. The third-order valence-electron chi connectivity index (χ3n) is 3.74. The van der Waals surface area contributed by atoms with Gasteiger partial charge in [0.15, 0.2) is 0 Å². The quantitative estimate of drug-likeness (QED) is 0.614. The van der Waals surface area contributed by atoms with Crippen molar-refractivity contribution in [2.75, 3.05) is 13.1 Å². The van der Waals surface area contributed by atoms with E-state index in [0.717, 1.165) is 11.8 Å². The van der Waals surface area contributed by atoms with Crippen molar-refractivity contribution in [3.63, 3.8) is 0 Å². The van der Waals surface area contributed by atoms with Crippen LogP contribution in [0.2, 0.25) is 0 Å². The van der Waals surface area contributed by atoms with Crippen LogP contribution in [0.25, 0.3) is 0 Å². The van der Waals surface area contributed by atoms with Crippen molar-refractivity contribution in [3.05, 3.63) is 0 Å². The van der Waals surface area contributed by atoms with E-state index in [2.05, 4.69) is 25.7 Å². The zero-order valence-corrected chi connectivity index (χ0v) is 9.09. The Balaban J connectivity index is 1.98. The van der Waals surface area contributed by atoms with E-state index >= 15 is 0 Å². The summed E-state index contributed by atoms with van der Waals surface area (Å²) in [5, 5.41) is 0. The zero-order valence-electron chi connectivity index (χ0n) is 9.09. The van der Waals surface area contributed by atoms with Gasteiger partial charge in [0.05, 0.1) is 0 Å². The molecule has 0 unspecified atom stereocenters. The second kappa shape index (κ2) is 2.96. The minimum atomic E-state index is 0.356. The van der Waals surface area contributed by atoms with E-state index in [-0.39, 0.29) is 0 Å². The SMILES string of the molecule is CC(C)(C)N1C[C@H]2C[C@@H](N)C[C@H]2C1. The summed E-state index contributed by atoms with van der Waals surface area (Å²) in [6, 6.07) is 0.497. The van der Waals surface area contributed by atoms with E-state index in [4.69, 9.17) is 5.73 Å². The molecular formula is C11H22N2. The summed E-state index contributed by atoms with van der Waals surface area (Å²) < 4.78 is 0. The molecular weight excluding hydrogens is 160 g/mol. The molecule has 0 bridgehead atoms. The Morgan fingerprint density at radius 3 is 1.92 bits per heavy atom. The van der Waals surface area contributed by atoms with E-state index < -0.39 is 0 Å². The molecule has 2 N–H and O–H groups in total. The standard InChI is InChI=1S/C11H22N2/c1-11(2,3)13-6-8-4-10(12)5-9(8)7-13/h8-10H,4-7,12H2,1-3H3/t8-,9+,10-. The largest absolute Gasteiger partial charge is 0.328 e. The van der Waals surface area contributed by atoms with Gasteiger partial charge in [0.25, 0.3) is 0 Å². The fraction of sp³-hybridized carbons (Fsp3) is 1.00. The fourth-order valence-electron chi connectivity index (χ4n) is 2.89. The molecule has 2 heteroatoms. The Kier molecular flexibility index (Phi) is 2.16. The van der Waals surface area contributed by atoms with Crippen LogP contribution in [0, 0.1) is 11.8 Å². The molecule has 1 heterocycles. The molecule has 3 atom stereocenters. The summed E-state index contributed by atoms with van der Waals surface area (Å²) in [4.78, 5) is 2.62. The summed E-state index contributed by atoms with van der Waals surface area (Å²) in [7, 11) is 0. The van der Waals surface area contributed by atoms with Crippen LogP contribution in [0.1, 0.15) is 33.6 Å². The summed E-state index contributed by atoms with van der Waals surface area (Å²) >= 11 is 0. The van der Waals surface area contributed by atoms with Crippen molar-refractivity contribution in [2.24, 2.45) is 17.6 Å². The van der Waals surface area contributed by atoms with Gasteiger partial charge in [0, 0.05) is 24.7 Å². The third kappa shape index (κ3) is 1.75. The normalized spacial score (nSPS) is 41.1. The molecule has 2 fully saturated rings. The Morgan fingerprint density at radius 1 is 1.08 bits per heavy atom. The first kappa shape index (κ1) is 9.47. The first-order chi connectivity index (χ1) is 5.97. The zero-order chi connectivity index (χ0) is 9.64. The van der Waals surface area contributed by atoms with Crippen LogP contribution in [0.15, 0.2) is 0 Å². The van der Waals surface area contributed by atoms with Crippen LogP contribution in [-0.2, 0) is 0 Å². The van der Waals surface area contributed by atoms with Crippen LogP contribution in [0.5, 0.6) is 0 Å². The van der Waals surface area contributed by atoms with Gasteiger partial charge in [0.2, 0.25) is 0 Å². The minimum Gasteiger partial charge on any atom is -0.328 e. The van der Waals surface area contributed by atoms with E-state index in [1.54, 1.807) is 0 Å². The highest BCUT2D eigenvalue weighted by molar-refractivity contribution is 4.96. The molecule has 2 aliphatic rings. The molecule has 0 aromatic carbocycles. The maximum absolute atomic E-state index is 5.96. The molecule has 0 aromatic rings. The van der Waals surface area contributed by atoms with E-state index in [1.807, 2.05) is 0 Å². The smallest absolute Gasteiger partial charge is 0.0125 e. The lowest BCUT2D eigenvalue weighted by molar-refractivity contribution is 0.159. The van der Waals surface area contributed by atoms with E-state index in [9.17, 15) is 0 Å². The van der Waals surface area contributed by atoms with Gasteiger partial charge in [-0.05, 0) is 45.4 Å². The van der Waals surface area contributed by atoms with Crippen LogP contribution >= 0.6 is 0 Å². The summed E-state index contributed by atoms with van der Waals surface area (Å²) in [5.74, 6) is 1.79. The number of hydrogen-bond donors (Lipinski definition) is 1. The number of hydrogen-bond acceptors (Lipinski definition) is 2. The monoisotopic (exact) mass is 182 g/mol. The van der Waals surface area contributed by atoms with Crippen molar-refractivity contribution in [1.82, 2.24) is 4.90 Å². The predicted octanol–water partition coefficient (Wildman–Crippen LogP) is 1.45. The maximum atomic E-state index is 5.96. The molecule has 0 amide bonds. The van der Waals surface area contributed by atoms with Gasteiger partial charge in [-0.1, -0.05) is 0 Å². The summed E-state index contributed by atoms with van der Waals surface area (Å²) in [6.07, 6.45) is 2.52. The van der Waals surface area contributed by atoms with Crippen LogP contribution in [0.4, 0.5) is 0 Å². The molecule has 0 spiro atoms. The highest BCUT2D eigenvalue weighted by Gasteiger charge is 2.42. The molecule has 13 heavy (non-hydrogen) atoms. The molecule has 1 aliphatic carbocycles. The summed E-state index contributed by atoms with van der Waals surface area (Å²) in [6.45, 7) is 9.50. The third-order valence-corrected chi connectivity index (χ3v) is 3.74. The second-order valence-corrected chi connectivity index (χ2v) is 5.83. The number of nitrogens with two attached hydrogens (primary N) is 1. The van der Waals surface area contributed by atoms with Gasteiger partial charge in [0.1, 0.15) is 0 Å². The van der Waals surface area contributed by atoms with Gasteiger partial charge in [-0.15, -0.1) is 0 Å². The fourth-order valence-corrected chi connectivity index (χ4v) is 2.89. The van der Waals surface area contributed by atoms with Crippen LogP contribution < -0.4 is 5.73 Å². The van der Waals surface area contributed by atoms with Crippen molar-refractivity contribution in [1.29, 1.82) is 0 Å². The molecule has 2 rings (SSSR count). The first-order valence-electron chi connectivity index (χ1n) is 5.47. The van der Waals surface area contributed by atoms with Gasteiger partial charge in [-0.25, -0.2) is 0 Å². The lowest BCUT2D eigenvalue weighted by Crippen LogP contribution is -2.40. The average Bonchev–Trinajstić information content (AvgIpc) is 2.40. The molecule has 1 saturated carbocycles. The van der Waals surface area contributed by atoms with E-state index in [1.165, 1.54) is 25.9 Å². The highest BCUT2D eigenvalue weighted by atomic mass is 15.2. The number of fused-ring (bicyclic) bond motifs is 1. The highest BCUT2D eigenvalue weighted by Crippen LogP contribution is 2.39. The number of nitrogens with zero attached hydrogens (tertiary/aromatic N) is 1. The molecule has 0 radical (unpaired) electrons. The Bertz CT molecular complexity index is 181. The van der Waals surface area contributed by atoms with Crippen LogP contribution in [-0.4, -0.2) is 29.6 Å². The molecule has 1 saturated heterocycles. The predicted molar refractivity (Wildman–Crippen MR) is 55.5 cm³/mol. The number of likely N-dealkylation sites (tertiary alicyclic amines) is 1. The Hall–Kier alpha value is -0.0800. The average molecular weight is 182 g/mol. The van der Waals surface area contributed by atoms with Gasteiger partial charge in [-0.3, -0.25) is 4.90 Å². The molecule has 0 aromatic heterocycles. The topological polar surface area (TPSA) is 29.3 Å². The first-order valence-corrected chi connectivity index (χ1v) is 5.47. The van der Waals surface area contributed by atoms with Crippen molar-refractivity contribution >= 4 is 0 Å². The number of rotatable bonds is 0. The van der Waals surface area contributed by atoms with Crippen molar-refractivity contribution < 1.29 is 0 Å². The lowest BCUT2D eigenvalue weighted by Gasteiger charge is -2.32. The van der Waals surface area contributed by atoms with Crippen LogP contribution in [0.3, 0.4) is 0 Å². The Morgan fingerprint density at radius 2 is 1.54 bits per heavy atom. The van der Waals surface area contributed by atoms with Crippen molar-refractivity contribution in [3.8, 4) is 0 Å². The van der Waals surface area contributed by atoms with E-state index in [0.29, 0.717) is 11.6 Å². The van der Waals surface area contributed by atoms with Gasteiger partial charge < -0.3 is 5.73 Å². The summed E-state index contributed by atoms with van der Waals surface area (Å²) in [5.41, 5.74) is 6.32. The minimum absolute atomic E-state index is 0.356. The molecule has 76 valence electrons. The maximum Gasteiger partial charge on any atom is 0.0125 e. The van der Waals surface area contributed by atoms with Gasteiger partial charge in [-0.2, -0.15) is 0 Å². The van der Waals surface area contributed by atoms with Gasteiger partial charge >= 0.3 is 0 Å². The Labute approximate surface area is 81.5 Å².